The first-order valence-electron chi connectivity index (χ1n) is 5.19. The lowest BCUT2D eigenvalue weighted by atomic mass is 10.2. The lowest BCUT2D eigenvalue weighted by Crippen LogP contribution is -2.10. The van der Waals surface area contributed by atoms with Crippen LogP contribution in [0.5, 0.6) is 0 Å². The van der Waals surface area contributed by atoms with Crippen molar-refractivity contribution in [2.45, 2.75) is 11.4 Å². The molecule has 86 valence electrons. The highest BCUT2D eigenvalue weighted by atomic mass is 32.2. The van der Waals surface area contributed by atoms with Crippen molar-refractivity contribution in [3.8, 4) is 0 Å². The number of nitrogens with one attached hydrogen (secondary N) is 1. The molecule has 5 nitrogen and oxygen atoms in total. The topological polar surface area (TPSA) is 68.1 Å². The van der Waals surface area contributed by atoms with E-state index in [0.717, 1.165) is 23.9 Å². The Balaban J connectivity index is 1.87. The molecule has 0 spiro atoms. The summed E-state index contributed by atoms with van der Waals surface area (Å²) in [4.78, 5) is 14.1. The monoisotopic (exact) mass is 239 g/mol. The first-order valence-corrected chi connectivity index (χ1v) is 6.18. The third-order valence-corrected chi connectivity index (χ3v) is 3.74. The van der Waals surface area contributed by atoms with Crippen molar-refractivity contribution in [3.63, 3.8) is 0 Å². The van der Waals surface area contributed by atoms with Crippen LogP contribution in [-0.4, -0.2) is 28.7 Å². The number of nitro groups is 1. The Hall–Kier alpha value is -1.14. The number of pyridine rings is 1. The van der Waals surface area contributed by atoms with Gasteiger partial charge < -0.3 is 5.32 Å². The molecule has 0 amide bonds. The predicted molar refractivity (Wildman–Crippen MR) is 62.6 cm³/mol. The molecule has 1 aliphatic rings. The standard InChI is InChI=1S/C10H13N3O2S/c14-13(15)9-1-2-10(12-6-9)16-7-8-3-4-11-5-8/h1-2,6,8,11H,3-5,7H2/t8-/m1/s1. The summed E-state index contributed by atoms with van der Waals surface area (Å²) in [5.74, 6) is 1.72. The second-order valence-electron chi connectivity index (χ2n) is 3.78. The first kappa shape index (κ1) is 11.3. The van der Waals surface area contributed by atoms with E-state index in [0.29, 0.717) is 5.92 Å². The van der Waals surface area contributed by atoms with Crippen LogP contribution in [0.4, 0.5) is 5.69 Å². The minimum atomic E-state index is -0.428. The number of nitrogens with zero attached hydrogens (tertiary/aromatic N) is 2. The molecule has 1 aromatic rings. The van der Waals surface area contributed by atoms with Gasteiger partial charge in [-0.3, -0.25) is 10.1 Å². The van der Waals surface area contributed by atoms with Crippen molar-refractivity contribution < 1.29 is 4.92 Å². The molecule has 0 radical (unpaired) electrons. The second-order valence-corrected chi connectivity index (χ2v) is 4.82. The van der Waals surface area contributed by atoms with Crippen molar-refractivity contribution in [2.75, 3.05) is 18.8 Å². The third-order valence-electron chi connectivity index (χ3n) is 2.56. The summed E-state index contributed by atoms with van der Waals surface area (Å²) in [6.07, 6.45) is 2.52. The largest absolute Gasteiger partial charge is 0.316 e. The van der Waals surface area contributed by atoms with Crippen LogP contribution in [0, 0.1) is 16.0 Å². The van der Waals surface area contributed by atoms with E-state index >= 15 is 0 Å². The number of rotatable bonds is 4. The van der Waals surface area contributed by atoms with Gasteiger partial charge >= 0.3 is 0 Å². The van der Waals surface area contributed by atoms with E-state index in [1.807, 2.05) is 0 Å². The van der Waals surface area contributed by atoms with Crippen LogP contribution < -0.4 is 5.32 Å². The molecule has 2 heterocycles. The highest BCUT2D eigenvalue weighted by Crippen LogP contribution is 2.22. The Morgan fingerprint density at radius 1 is 1.62 bits per heavy atom. The SMILES string of the molecule is O=[N+]([O-])c1ccc(SC[C@@H]2CCNC2)nc1. The van der Waals surface area contributed by atoms with Crippen molar-refractivity contribution in [2.24, 2.45) is 5.92 Å². The molecule has 0 bridgehead atoms. The van der Waals surface area contributed by atoms with E-state index in [2.05, 4.69) is 10.3 Å². The Kier molecular flexibility index (Phi) is 3.74. The molecule has 1 N–H and O–H groups in total. The predicted octanol–water partition coefficient (Wildman–Crippen LogP) is 1.69. The lowest BCUT2D eigenvalue weighted by Gasteiger charge is -2.06. The van der Waals surface area contributed by atoms with Gasteiger partial charge in [-0.15, -0.1) is 11.8 Å². The van der Waals surface area contributed by atoms with Crippen LogP contribution >= 0.6 is 11.8 Å². The van der Waals surface area contributed by atoms with Gasteiger partial charge in [0.05, 0.1) is 9.95 Å². The van der Waals surface area contributed by atoms with E-state index in [4.69, 9.17) is 0 Å². The number of hydrogen-bond donors (Lipinski definition) is 1. The smallest absolute Gasteiger partial charge is 0.287 e. The number of aromatic nitrogens is 1. The van der Waals surface area contributed by atoms with Crippen LogP contribution in [0.15, 0.2) is 23.4 Å². The van der Waals surface area contributed by atoms with Crippen molar-refractivity contribution in [1.82, 2.24) is 10.3 Å². The fraction of sp³-hybridized carbons (Fsp3) is 0.500. The maximum Gasteiger partial charge on any atom is 0.287 e. The quantitative estimate of drug-likeness (QED) is 0.492. The maximum absolute atomic E-state index is 10.4. The van der Waals surface area contributed by atoms with E-state index in [-0.39, 0.29) is 5.69 Å². The fourth-order valence-corrected chi connectivity index (χ4v) is 2.61. The van der Waals surface area contributed by atoms with Gasteiger partial charge in [-0.05, 0) is 31.5 Å². The van der Waals surface area contributed by atoms with Gasteiger partial charge in [0, 0.05) is 11.8 Å². The molecule has 1 aliphatic heterocycles. The molecule has 0 unspecified atom stereocenters. The average Bonchev–Trinajstić information content (AvgIpc) is 2.80. The normalized spacial score (nSPS) is 19.9. The number of hydrogen-bond acceptors (Lipinski definition) is 5. The Morgan fingerprint density at radius 2 is 2.50 bits per heavy atom. The molecule has 16 heavy (non-hydrogen) atoms. The molecule has 1 atom stereocenters. The summed E-state index contributed by atoms with van der Waals surface area (Å²) in [6.45, 7) is 2.17. The molecule has 2 rings (SSSR count). The molecule has 0 saturated carbocycles. The maximum atomic E-state index is 10.4. The molecule has 1 saturated heterocycles. The molecular weight excluding hydrogens is 226 g/mol. The van der Waals surface area contributed by atoms with Crippen LogP contribution in [0.2, 0.25) is 0 Å². The van der Waals surface area contributed by atoms with Gasteiger partial charge in [0.25, 0.3) is 5.69 Å². The van der Waals surface area contributed by atoms with Crippen molar-refractivity contribution in [1.29, 1.82) is 0 Å². The summed E-state index contributed by atoms with van der Waals surface area (Å²) in [7, 11) is 0. The Morgan fingerprint density at radius 3 is 3.06 bits per heavy atom. The van der Waals surface area contributed by atoms with Gasteiger partial charge in [-0.2, -0.15) is 0 Å². The van der Waals surface area contributed by atoms with Gasteiger partial charge in [0.2, 0.25) is 0 Å². The molecule has 1 fully saturated rings. The second kappa shape index (κ2) is 5.27. The molecule has 0 aliphatic carbocycles. The van der Waals surface area contributed by atoms with E-state index in [9.17, 15) is 10.1 Å². The first-order chi connectivity index (χ1) is 7.75. The minimum absolute atomic E-state index is 0.0480. The highest BCUT2D eigenvalue weighted by Gasteiger charge is 2.15. The van der Waals surface area contributed by atoms with Crippen LogP contribution in [0.25, 0.3) is 0 Å². The zero-order valence-corrected chi connectivity index (χ0v) is 9.57. The summed E-state index contributed by atoms with van der Waals surface area (Å²) < 4.78 is 0. The van der Waals surface area contributed by atoms with E-state index < -0.39 is 4.92 Å². The van der Waals surface area contributed by atoms with Gasteiger partial charge in [-0.25, -0.2) is 4.98 Å². The van der Waals surface area contributed by atoms with Crippen molar-refractivity contribution >= 4 is 17.4 Å². The summed E-state index contributed by atoms with van der Waals surface area (Å²) in [6, 6.07) is 3.22. The lowest BCUT2D eigenvalue weighted by molar-refractivity contribution is -0.385. The zero-order chi connectivity index (χ0) is 11.4. The van der Waals surface area contributed by atoms with Crippen LogP contribution in [-0.2, 0) is 0 Å². The molecule has 6 heteroatoms. The minimum Gasteiger partial charge on any atom is -0.316 e. The summed E-state index contributed by atoms with van der Waals surface area (Å²) in [5, 5.41) is 14.6. The van der Waals surface area contributed by atoms with E-state index in [1.165, 1.54) is 18.7 Å². The third kappa shape index (κ3) is 2.93. The van der Waals surface area contributed by atoms with Crippen molar-refractivity contribution in [3.05, 3.63) is 28.4 Å². The van der Waals surface area contributed by atoms with Gasteiger partial charge in [0.15, 0.2) is 0 Å². The van der Waals surface area contributed by atoms with Crippen LogP contribution in [0.3, 0.4) is 0 Å². The van der Waals surface area contributed by atoms with Crippen LogP contribution in [0.1, 0.15) is 6.42 Å². The van der Waals surface area contributed by atoms with Gasteiger partial charge in [0.1, 0.15) is 6.20 Å². The van der Waals surface area contributed by atoms with E-state index in [1.54, 1.807) is 17.8 Å². The van der Waals surface area contributed by atoms with Gasteiger partial charge in [-0.1, -0.05) is 0 Å². The summed E-state index contributed by atoms with van der Waals surface area (Å²) >= 11 is 1.66. The molecule has 1 aromatic heterocycles. The molecule has 0 aromatic carbocycles. The average molecular weight is 239 g/mol. The Labute approximate surface area is 97.8 Å². The highest BCUT2D eigenvalue weighted by molar-refractivity contribution is 7.99. The molecular formula is C10H13N3O2S. The Bertz CT molecular complexity index is 363. The zero-order valence-electron chi connectivity index (χ0n) is 8.76. The fourth-order valence-electron chi connectivity index (χ4n) is 1.63. The number of thioether (sulfide) groups is 1. The summed E-state index contributed by atoms with van der Waals surface area (Å²) in [5.41, 5.74) is 0.0480.